The van der Waals surface area contributed by atoms with E-state index < -0.39 is 15.3 Å². The fourth-order valence-electron chi connectivity index (χ4n) is 1.10. The van der Waals surface area contributed by atoms with Crippen molar-refractivity contribution in [2.24, 2.45) is 0 Å². The largest absolute Gasteiger partial charge is 3.00 e. The van der Waals surface area contributed by atoms with Crippen LogP contribution < -0.4 is 0 Å². The van der Waals surface area contributed by atoms with Gasteiger partial charge in [-0.2, -0.15) is 0 Å². The molecule has 0 unspecified atom stereocenters. The normalized spacial score (nSPS) is 15.4. The predicted molar refractivity (Wildman–Crippen MR) is 85.2 cm³/mol. The first kappa shape index (κ1) is 34.3. The summed E-state index contributed by atoms with van der Waals surface area (Å²) in [6, 6.07) is 0. The molecule has 0 aromatic heterocycles. The SMILES string of the molecule is C1COCCOCCOCCOCCO1.O=[N+]([O-])[O-].O=[N+]([O-])[O-].O=[N+]([O-])[O-].[Pr+3]. The molecule has 0 aromatic carbocycles. The molecule has 0 spiro atoms. The van der Waals surface area contributed by atoms with Crippen molar-refractivity contribution in [1.82, 2.24) is 0 Å². The molecule has 28 heavy (non-hydrogen) atoms. The predicted octanol–water partition coefficient (Wildman–Crippen LogP) is -0.634. The molecule has 1 fully saturated rings. The first-order valence-corrected chi connectivity index (χ1v) is 7.03. The fourth-order valence-corrected chi connectivity index (χ4v) is 1.10. The minimum absolute atomic E-state index is 0. The van der Waals surface area contributed by atoms with Crippen LogP contribution in [0.15, 0.2) is 0 Å². The average Bonchev–Trinajstić information content (AvgIpc) is 2.52. The second-order valence-corrected chi connectivity index (χ2v) is 3.73. The van der Waals surface area contributed by atoms with Crippen molar-refractivity contribution in [2.45, 2.75) is 0 Å². The van der Waals surface area contributed by atoms with Crippen LogP contribution in [0, 0.1) is 87.3 Å². The van der Waals surface area contributed by atoms with E-state index >= 15 is 0 Å². The van der Waals surface area contributed by atoms with Crippen LogP contribution in [0.3, 0.4) is 0 Å². The molecule has 17 nitrogen and oxygen atoms in total. The topological polar surface area (TPSA) is 245 Å². The van der Waals surface area contributed by atoms with Crippen LogP contribution in [-0.2, 0) is 23.7 Å². The molecule has 0 N–H and O–H groups in total. The summed E-state index contributed by atoms with van der Waals surface area (Å²) in [7, 11) is 0. The molecular formula is C10H20N3O14Pr. The van der Waals surface area contributed by atoms with Gasteiger partial charge in [-0.15, -0.1) is 0 Å². The Labute approximate surface area is 191 Å². The van der Waals surface area contributed by atoms with E-state index in [1.54, 1.807) is 0 Å². The van der Waals surface area contributed by atoms with Crippen LogP contribution in [0.1, 0.15) is 0 Å². The maximum absolute atomic E-state index is 8.25. The number of rotatable bonds is 0. The molecule has 0 bridgehead atoms. The molecule has 0 radical (unpaired) electrons. The van der Waals surface area contributed by atoms with E-state index in [1.165, 1.54) is 0 Å². The Morgan fingerprint density at radius 1 is 0.393 bits per heavy atom. The molecule has 0 aliphatic carbocycles. The average molecular weight is 547 g/mol. The van der Waals surface area contributed by atoms with Crippen molar-refractivity contribution in [3.05, 3.63) is 46.0 Å². The van der Waals surface area contributed by atoms with E-state index in [4.69, 9.17) is 69.6 Å². The Balaban J connectivity index is -0.000000183. The molecule has 162 valence electrons. The quantitative estimate of drug-likeness (QED) is 0.271. The van der Waals surface area contributed by atoms with Gasteiger partial charge in [-0.3, -0.25) is 0 Å². The van der Waals surface area contributed by atoms with Crippen molar-refractivity contribution in [3.8, 4) is 0 Å². The Hall–Kier alpha value is -1.24. The maximum atomic E-state index is 8.25. The van der Waals surface area contributed by atoms with Gasteiger partial charge in [-0.05, 0) is 0 Å². The molecule has 1 saturated heterocycles. The monoisotopic (exact) mass is 547 g/mol. The minimum atomic E-state index is -1.75. The van der Waals surface area contributed by atoms with Crippen molar-refractivity contribution >= 4 is 0 Å². The number of hydrogen-bond donors (Lipinski definition) is 0. The van der Waals surface area contributed by atoms with Crippen LogP contribution in [0.25, 0.3) is 0 Å². The van der Waals surface area contributed by atoms with E-state index in [9.17, 15) is 0 Å². The molecule has 0 amide bonds. The third-order valence-corrected chi connectivity index (χ3v) is 1.86. The molecule has 1 heterocycles. The van der Waals surface area contributed by atoms with E-state index in [-0.39, 0.29) is 41.3 Å². The molecule has 18 heteroatoms. The van der Waals surface area contributed by atoms with Gasteiger partial charge in [0.05, 0.1) is 81.3 Å². The van der Waals surface area contributed by atoms with Crippen LogP contribution in [0.5, 0.6) is 0 Å². The summed E-state index contributed by atoms with van der Waals surface area (Å²) in [5, 5.41) is 44.2. The smallest absolute Gasteiger partial charge is 0.377 e. The van der Waals surface area contributed by atoms with E-state index in [0.29, 0.717) is 66.1 Å². The van der Waals surface area contributed by atoms with Crippen molar-refractivity contribution < 1.29 is 80.2 Å². The first-order valence-electron chi connectivity index (χ1n) is 7.03. The fraction of sp³-hybridized carbons (Fsp3) is 1.00. The van der Waals surface area contributed by atoms with Gasteiger partial charge in [-0.25, -0.2) is 0 Å². The van der Waals surface area contributed by atoms with Gasteiger partial charge >= 0.3 is 41.3 Å². The van der Waals surface area contributed by atoms with Crippen LogP contribution in [-0.4, -0.2) is 81.3 Å². The van der Waals surface area contributed by atoms with Gasteiger partial charge in [0.25, 0.3) is 0 Å². The molecular weight excluding hydrogens is 527 g/mol. The third-order valence-electron chi connectivity index (χ3n) is 1.86. The van der Waals surface area contributed by atoms with Gasteiger partial charge in [0.1, 0.15) is 0 Å². The Morgan fingerprint density at radius 3 is 0.536 bits per heavy atom. The first-order chi connectivity index (χ1) is 12.7. The summed E-state index contributed by atoms with van der Waals surface area (Å²) in [6.45, 7) is 6.11. The summed E-state index contributed by atoms with van der Waals surface area (Å²) in [4.78, 5) is 24.8. The molecule has 1 aliphatic rings. The molecule has 1 aliphatic heterocycles. The number of ether oxygens (including phenoxy) is 5. The van der Waals surface area contributed by atoms with Gasteiger partial charge < -0.3 is 69.6 Å². The van der Waals surface area contributed by atoms with Gasteiger partial charge in [-0.1, -0.05) is 0 Å². The number of nitrogens with zero attached hydrogens (tertiary/aromatic N) is 3. The van der Waals surface area contributed by atoms with Crippen molar-refractivity contribution in [1.29, 1.82) is 0 Å². The molecule has 0 atom stereocenters. The van der Waals surface area contributed by atoms with E-state index in [1.807, 2.05) is 0 Å². The Morgan fingerprint density at radius 2 is 0.464 bits per heavy atom. The number of hydrogen-bond acceptors (Lipinski definition) is 14. The van der Waals surface area contributed by atoms with Gasteiger partial charge in [0.2, 0.25) is 0 Å². The van der Waals surface area contributed by atoms with E-state index in [0.717, 1.165) is 0 Å². The standard InChI is InChI=1S/C10H20O5.3NO3.Pr/c1-2-12-5-6-14-9-10-15-8-7-13-4-3-11-1;3*2-1(3)4;/h1-10H2;;;;/q;3*-1;+3. The Bertz CT molecular complexity index is 265. The summed E-state index contributed by atoms with van der Waals surface area (Å²) >= 11 is 0. The van der Waals surface area contributed by atoms with Gasteiger partial charge in [0.15, 0.2) is 0 Å². The second kappa shape index (κ2) is 30.5. The van der Waals surface area contributed by atoms with Crippen molar-refractivity contribution in [3.63, 3.8) is 0 Å². The summed E-state index contributed by atoms with van der Waals surface area (Å²) in [6.07, 6.45) is 0. The summed E-state index contributed by atoms with van der Waals surface area (Å²) in [5.74, 6) is 0. The van der Waals surface area contributed by atoms with Crippen LogP contribution in [0.4, 0.5) is 0 Å². The maximum Gasteiger partial charge on any atom is 3.00 e. The molecule has 1 rings (SSSR count). The second-order valence-electron chi connectivity index (χ2n) is 3.73. The van der Waals surface area contributed by atoms with E-state index in [2.05, 4.69) is 0 Å². The third kappa shape index (κ3) is 73.8. The Kier molecular flexibility index (Phi) is 37.3. The van der Waals surface area contributed by atoms with Crippen LogP contribution in [0.2, 0.25) is 0 Å². The minimum Gasteiger partial charge on any atom is -0.377 e. The zero-order valence-corrected chi connectivity index (χ0v) is 18.4. The van der Waals surface area contributed by atoms with Crippen molar-refractivity contribution in [2.75, 3.05) is 66.1 Å². The molecule has 0 saturated carbocycles. The zero-order valence-electron chi connectivity index (χ0n) is 14.7. The summed E-state index contributed by atoms with van der Waals surface area (Å²) < 4.78 is 26.4. The molecule has 0 aromatic rings. The van der Waals surface area contributed by atoms with Gasteiger partial charge in [0, 0.05) is 0 Å². The summed E-state index contributed by atoms with van der Waals surface area (Å²) in [5.41, 5.74) is 0. The van der Waals surface area contributed by atoms with Crippen LogP contribution >= 0.6 is 0 Å². The zero-order chi connectivity index (χ0) is 21.3.